The van der Waals surface area contributed by atoms with E-state index in [1.165, 1.54) is 30.3 Å². The third-order valence-corrected chi connectivity index (χ3v) is 6.67. The van der Waals surface area contributed by atoms with Crippen molar-refractivity contribution in [3.8, 4) is 11.1 Å². The predicted octanol–water partition coefficient (Wildman–Crippen LogP) is 2.90. The molecule has 0 fully saturated rings. The summed E-state index contributed by atoms with van der Waals surface area (Å²) < 4.78 is 38.5. The summed E-state index contributed by atoms with van der Waals surface area (Å²) >= 11 is 0. The van der Waals surface area contributed by atoms with E-state index >= 15 is 0 Å². The molecule has 0 bridgehead atoms. The number of rotatable bonds is 9. The summed E-state index contributed by atoms with van der Waals surface area (Å²) in [4.78, 5) is 13.7. The Labute approximate surface area is 193 Å². The molecule has 0 saturated carbocycles. The van der Waals surface area contributed by atoms with E-state index in [1.807, 2.05) is 18.2 Å². The minimum absolute atomic E-state index is 0.127. The molecular formula is C22H27N5O5S. The van der Waals surface area contributed by atoms with Gasteiger partial charge < -0.3 is 9.47 Å². The van der Waals surface area contributed by atoms with Gasteiger partial charge in [-0.2, -0.15) is 4.72 Å². The Morgan fingerprint density at radius 3 is 2.48 bits per heavy atom. The maximum atomic E-state index is 12.9. The second kappa shape index (κ2) is 10.1. The SMILES string of the molecule is COCCOC(=O)N(C)c1cccc(-c2ccc(S(=O)(=O)NC(C)(C)c3cnn[nH]3)cc2)c1. The molecule has 2 N–H and O–H groups in total. The monoisotopic (exact) mass is 473 g/mol. The molecular weight excluding hydrogens is 446 g/mol. The Kier molecular flexibility index (Phi) is 7.46. The van der Waals surface area contributed by atoms with E-state index in [0.29, 0.717) is 18.0 Å². The lowest BCUT2D eigenvalue weighted by atomic mass is 10.0. The molecule has 11 heteroatoms. The normalized spacial score (nSPS) is 11.9. The van der Waals surface area contributed by atoms with Gasteiger partial charge >= 0.3 is 6.09 Å². The average Bonchev–Trinajstić information content (AvgIpc) is 3.34. The summed E-state index contributed by atoms with van der Waals surface area (Å²) in [7, 11) is -0.641. The summed E-state index contributed by atoms with van der Waals surface area (Å²) in [6.07, 6.45) is 0.981. The van der Waals surface area contributed by atoms with Crippen molar-refractivity contribution in [1.82, 2.24) is 20.1 Å². The number of amides is 1. The molecule has 3 rings (SSSR count). The number of carbonyl (C=O) groups is 1. The Bertz CT molecular complexity index is 1180. The third kappa shape index (κ3) is 5.95. The first-order chi connectivity index (χ1) is 15.6. The fraction of sp³-hybridized carbons (Fsp3) is 0.318. The molecule has 0 saturated heterocycles. The molecule has 1 aromatic heterocycles. The molecule has 0 aliphatic carbocycles. The highest BCUT2D eigenvalue weighted by Gasteiger charge is 2.29. The van der Waals surface area contributed by atoms with Gasteiger partial charge in [0.25, 0.3) is 0 Å². The van der Waals surface area contributed by atoms with Crippen LogP contribution >= 0.6 is 0 Å². The van der Waals surface area contributed by atoms with Crippen molar-refractivity contribution in [2.45, 2.75) is 24.3 Å². The van der Waals surface area contributed by atoms with Crippen molar-refractivity contribution in [2.75, 3.05) is 32.3 Å². The van der Waals surface area contributed by atoms with Crippen molar-refractivity contribution in [1.29, 1.82) is 0 Å². The summed E-state index contributed by atoms with van der Waals surface area (Å²) in [5, 5.41) is 10.0. The van der Waals surface area contributed by atoms with Crippen LogP contribution in [0.2, 0.25) is 0 Å². The van der Waals surface area contributed by atoms with Crippen LogP contribution in [0.15, 0.2) is 59.6 Å². The average molecular weight is 474 g/mol. The summed E-state index contributed by atoms with van der Waals surface area (Å²) in [6, 6.07) is 13.8. The molecule has 0 unspecified atom stereocenters. The number of hydrogen-bond acceptors (Lipinski definition) is 7. The van der Waals surface area contributed by atoms with Gasteiger partial charge in [0, 0.05) is 19.8 Å². The van der Waals surface area contributed by atoms with Gasteiger partial charge in [-0.25, -0.2) is 13.2 Å². The fourth-order valence-corrected chi connectivity index (χ4v) is 4.48. The molecule has 1 amide bonds. The van der Waals surface area contributed by atoms with Gasteiger partial charge in [-0.15, -0.1) is 5.10 Å². The van der Waals surface area contributed by atoms with Crippen molar-refractivity contribution >= 4 is 21.8 Å². The van der Waals surface area contributed by atoms with Crippen molar-refractivity contribution < 1.29 is 22.7 Å². The maximum absolute atomic E-state index is 12.9. The second-order valence-electron chi connectivity index (χ2n) is 7.84. The first-order valence-electron chi connectivity index (χ1n) is 10.1. The summed E-state index contributed by atoms with van der Waals surface area (Å²) in [5.74, 6) is 0. The predicted molar refractivity (Wildman–Crippen MR) is 123 cm³/mol. The van der Waals surface area contributed by atoms with Gasteiger partial charge in [0.15, 0.2) is 0 Å². The summed E-state index contributed by atoms with van der Waals surface area (Å²) in [5.41, 5.74) is 1.89. The van der Waals surface area contributed by atoms with Crippen molar-refractivity contribution in [3.05, 3.63) is 60.4 Å². The van der Waals surface area contributed by atoms with Crippen LogP contribution < -0.4 is 9.62 Å². The number of H-pyrrole nitrogens is 1. The number of nitrogens with one attached hydrogen (secondary N) is 2. The van der Waals surface area contributed by atoms with Crippen LogP contribution in [0.5, 0.6) is 0 Å². The Morgan fingerprint density at radius 1 is 1.12 bits per heavy atom. The van der Waals surface area contributed by atoms with Crippen LogP contribution in [0.3, 0.4) is 0 Å². The molecule has 0 atom stereocenters. The van der Waals surface area contributed by atoms with Gasteiger partial charge in [0.05, 0.1) is 28.9 Å². The maximum Gasteiger partial charge on any atom is 0.414 e. The largest absolute Gasteiger partial charge is 0.447 e. The smallest absolute Gasteiger partial charge is 0.414 e. The number of sulfonamides is 1. The van der Waals surface area contributed by atoms with Crippen LogP contribution in [0.25, 0.3) is 11.1 Å². The van der Waals surface area contributed by atoms with Crippen molar-refractivity contribution in [3.63, 3.8) is 0 Å². The molecule has 176 valence electrons. The number of benzene rings is 2. The minimum atomic E-state index is -3.79. The minimum Gasteiger partial charge on any atom is -0.447 e. The highest BCUT2D eigenvalue weighted by molar-refractivity contribution is 7.89. The molecule has 0 aliphatic heterocycles. The Hall–Kier alpha value is -3.28. The number of hydrogen-bond donors (Lipinski definition) is 2. The van der Waals surface area contributed by atoms with E-state index in [9.17, 15) is 13.2 Å². The second-order valence-corrected chi connectivity index (χ2v) is 9.52. The lowest BCUT2D eigenvalue weighted by Gasteiger charge is -2.24. The first kappa shape index (κ1) is 24.4. The van der Waals surface area contributed by atoms with Crippen molar-refractivity contribution in [2.24, 2.45) is 0 Å². The van der Waals surface area contributed by atoms with E-state index in [0.717, 1.165) is 11.1 Å². The molecule has 2 aromatic carbocycles. The lowest BCUT2D eigenvalue weighted by Crippen LogP contribution is -2.41. The van der Waals surface area contributed by atoms with E-state index in [2.05, 4.69) is 20.1 Å². The standard InChI is InChI=1S/C22H27N5O5S/c1-22(2,20-15-23-26-24-20)25-33(29,30)19-10-8-16(9-11-19)17-6-5-7-18(14-17)27(3)21(28)32-13-12-31-4/h5-11,14-15,25H,12-13H2,1-4H3,(H,23,24,26). The Morgan fingerprint density at radius 2 is 1.85 bits per heavy atom. The molecule has 0 radical (unpaired) electrons. The van der Waals surface area contributed by atoms with Crippen LogP contribution in [-0.4, -0.2) is 57.3 Å². The molecule has 0 spiro atoms. The van der Waals surface area contributed by atoms with Crippen LogP contribution in [-0.2, 0) is 25.0 Å². The molecule has 1 heterocycles. The summed E-state index contributed by atoms with van der Waals surface area (Å²) in [6.45, 7) is 3.92. The molecule has 33 heavy (non-hydrogen) atoms. The Balaban J connectivity index is 1.76. The number of carbonyl (C=O) groups excluding carboxylic acids is 1. The number of aromatic nitrogens is 3. The number of aromatic amines is 1. The van der Waals surface area contributed by atoms with E-state index in [4.69, 9.17) is 9.47 Å². The van der Waals surface area contributed by atoms with Gasteiger partial charge in [0.2, 0.25) is 10.0 Å². The number of methoxy groups -OCH3 is 1. The zero-order valence-electron chi connectivity index (χ0n) is 18.9. The van der Waals surface area contributed by atoms with Gasteiger partial charge in [-0.05, 0) is 49.2 Å². The van der Waals surface area contributed by atoms with E-state index in [-0.39, 0.29) is 11.5 Å². The highest BCUT2D eigenvalue weighted by Crippen LogP contribution is 2.27. The number of anilines is 1. The first-order valence-corrected chi connectivity index (χ1v) is 11.6. The van der Waals surface area contributed by atoms with Gasteiger partial charge in [-0.1, -0.05) is 29.5 Å². The molecule has 3 aromatic rings. The topological polar surface area (TPSA) is 127 Å². The highest BCUT2D eigenvalue weighted by atomic mass is 32.2. The molecule has 0 aliphatic rings. The van der Waals surface area contributed by atoms with Crippen LogP contribution in [0.4, 0.5) is 10.5 Å². The fourth-order valence-electron chi connectivity index (χ4n) is 3.08. The quantitative estimate of drug-likeness (QED) is 0.458. The van der Waals surface area contributed by atoms with E-state index in [1.54, 1.807) is 39.1 Å². The van der Waals surface area contributed by atoms with Crippen LogP contribution in [0, 0.1) is 0 Å². The molecule has 10 nitrogen and oxygen atoms in total. The third-order valence-electron chi connectivity index (χ3n) is 5.00. The zero-order valence-corrected chi connectivity index (χ0v) is 19.7. The van der Waals surface area contributed by atoms with Crippen LogP contribution in [0.1, 0.15) is 19.5 Å². The van der Waals surface area contributed by atoms with Gasteiger partial charge in [0.1, 0.15) is 6.61 Å². The lowest BCUT2D eigenvalue weighted by molar-refractivity contribution is 0.104. The van der Waals surface area contributed by atoms with Gasteiger partial charge in [-0.3, -0.25) is 10.00 Å². The van der Waals surface area contributed by atoms with E-state index < -0.39 is 21.7 Å². The number of nitrogens with zero attached hydrogens (tertiary/aromatic N) is 3. The number of ether oxygens (including phenoxy) is 2. The zero-order chi connectivity index (χ0) is 24.1.